The van der Waals surface area contributed by atoms with Crippen LogP contribution in [0.1, 0.15) is 31.2 Å². The average Bonchev–Trinajstić information content (AvgIpc) is 2.84. The molecule has 1 unspecified atom stereocenters. The van der Waals surface area contributed by atoms with Gasteiger partial charge in [-0.2, -0.15) is 5.10 Å². The Kier molecular flexibility index (Phi) is 5.02. The molecule has 1 amide bonds. The van der Waals surface area contributed by atoms with Crippen LogP contribution in [-0.2, 0) is 16.1 Å². The highest BCUT2D eigenvalue weighted by Gasteiger charge is 2.32. The number of carbonyl (C=O) groups is 1. The summed E-state index contributed by atoms with van der Waals surface area (Å²) in [4.78, 5) is 14.8. The fourth-order valence-electron chi connectivity index (χ4n) is 3.70. The number of aryl methyl sites for hydroxylation is 2. The number of amides is 1. The number of rotatable bonds is 3. The van der Waals surface area contributed by atoms with Crippen LogP contribution >= 0.6 is 0 Å². The number of piperidine rings is 1. The Balaban J connectivity index is 1.59. The molecule has 3 atom stereocenters. The van der Waals surface area contributed by atoms with Gasteiger partial charge in [-0.25, -0.2) is 0 Å². The van der Waals surface area contributed by atoms with Crippen molar-refractivity contribution in [3.8, 4) is 0 Å². The molecule has 2 aliphatic heterocycles. The van der Waals surface area contributed by atoms with Gasteiger partial charge in [0.15, 0.2) is 0 Å². The standard InChI is InChI=1S/C17H28N4O2/c1-12-9-15(4-5-18-12)17(22)20-6-7-23-16(10-20)11-21-14(3)8-13(2)19-21/h8,12,15-16,18H,4-7,9-11H2,1-3H3/t12-,15-,16?/m0/s1. The molecule has 6 heteroatoms. The predicted molar refractivity (Wildman–Crippen MR) is 88.2 cm³/mol. The molecule has 0 radical (unpaired) electrons. The molecule has 1 aromatic heterocycles. The van der Waals surface area contributed by atoms with E-state index in [1.165, 1.54) is 0 Å². The number of nitrogens with zero attached hydrogens (tertiary/aromatic N) is 3. The normalized spacial score (nSPS) is 28.8. The van der Waals surface area contributed by atoms with Crippen LogP contribution in [0.2, 0.25) is 0 Å². The van der Waals surface area contributed by atoms with Crippen LogP contribution in [0.4, 0.5) is 0 Å². The maximum atomic E-state index is 12.8. The Labute approximate surface area is 138 Å². The first-order valence-corrected chi connectivity index (χ1v) is 8.67. The van der Waals surface area contributed by atoms with Gasteiger partial charge >= 0.3 is 0 Å². The maximum absolute atomic E-state index is 12.8. The van der Waals surface area contributed by atoms with E-state index in [2.05, 4.69) is 30.3 Å². The number of morpholine rings is 1. The lowest BCUT2D eigenvalue weighted by molar-refractivity contribution is -0.144. The predicted octanol–water partition coefficient (Wildman–Crippen LogP) is 1.12. The van der Waals surface area contributed by atoms with Crippen LogP contribution in [0.25, 0.3) is 0 Å². The molecule has 3 rings (SSSR count). The van der Waals surface area contributed by atoms with E-state index in [9.17, 15) is 4.79 Å². The van der Waals surface area contributed by atoms with E-state index in [0.29, 0.717) is 38.2 Å². The topological polar surface area (TPSA) is 59.4 Å². The van der Waals surface area contributed by atoms with Gasteiger partial charge in [-0.15, -0.1) is 0 Å². The van der Waals surface area contributed by atoms with Crippen molar-refractivity contribution in [1.82, 2.24) is 20.0 Å². The summed E-state index contributed by atoms with van der Waals surface area (Å²) >= 11 is 0. The summed E-state index contributed by atoms with van der Waals surface area (Å²) in [7, 11) is 0. The first-order chi connectivity index (χ1) is 11.0. The summed E-state index contributed by atoms with van der Waals surface area (Å²) in [5.74, 6) is 0.471. The van der Waals surface area contributed by atoms with Gasteiger partial charge in [-0.05, 0) is 46.2 Å². The van der Waals surface area contributed by atoms with Crippen molar-refractivity contribution >= 4 is 5.91 Å². The summed E-state index contributed by atoms with van der Waals surface area (Å²) in [6.45, 7) is 9.88. The van der Waals surface area contributed by atoms with E-state index in [-0.39, 0.29) is 12.0 Å². The van der Waals surface area contributed by atoms with Crippen LogP contribution in [0.15, 0.2) is 6.07 Å². The molecule has 2 fully saturated rings. The Morgan fingerprint density at radius 1 is 1.48 bits per heavy atom. The zero-order chi connectivity index (χ0) is 16.4. The van der Waals surface area contributed by atoms with Gasteiger partial charge in [0.05, 0.1) is 24.9 Å². The molecule has 0 spiro atoms. The molecular weight excluding hydrogens is 292 g/mol. The fraction of sp³-hybridized carbons (Fsp3) is 0.765. The zero-order valence-electron chi connectivity index (χ0n) is 14.4. The molecule has 1 N–H and O–H groups in total. The molecule has 2 aliphatic rings. The fourth-order valence-corrected chi connectivity index (χ4v) is 3.70. The molecule has 128 valence electrons. The lowest BCUT2D eigenvalue weighted by Gasteiger charge is -2.37. The molecule has 2 saturated heterocycles. The minimum absolute atomic E-state index is 0.0323. The highest BCUT2D eigenvalue weighted by molar-refractivity contribution is 5.79. The van der Waals surface area contributed by atoms with Crippen molar-refractivity contribution in [3.05, 3.63) is 17.5 Å². The van der Waals surface area contributed by atoms with Gasteiger partial charge in [0.2, 0.25) is 5.91 Å². The average molecular weight is 320 g/mol. The van der Waals surface area contributed by atoms with Crippen molar-refractivity contribution in [2.24, 2.45) is 5.92 Å². The largest absolute Gasteiger partial charge is 0.373 e. The second-order valence-electron chi connectivity index (χ2n) is 6.96. The number of carbonyl (C=O) groups excluding carboxylic acids is 1. The molecule has 3 heterocycles. The minimum Gasteiger partial charge on any atom is -0.373 e. The van der Waals surface area contributed by atoms with Crippen molar-refractivity contribution in [2.75, 3.05) is 26.2 Å². The van der Waals surface area contributed by atoms with E-state index in [1.807, 2.05) is 16.5 Å². The highest BCUT2D eigenvalue weighted by Crippen LogP contribution is 2.20. The van der Waals surface area contributed by atoms with Gasteiger partial charge < -0.3 is 15.0 Å². The number of nitrogens with one attached hydrogen (secondary N) is 1. The second-order valence-corrected chi connectivity index (χ2v) is 6.96. The minimum atomic E-state index is 0.0323. The molecule has 0 aromatic carbocycles. The third kappa shape index (κ3) is 3.93. The number of hydrogen-bond acceptors (Lipinski definition) is 4. The maximum Gasteiger partial charge on any atom is 0.225 e. The summed E-state index contributed by atoms with van der Waals surface area (Å²) in [5, 5.41) is 7.91. The van der Waals surface area contributed by atoms with E-state index in [4.69, 9.17) is 4.74 Å². The molecule has 6 nitrogen and oxygen atoms in total. The van der Waals surface area contributed by atoms with E-state index >= 15 is 0 Å². The third-order valence-corrected chi connectivity index (χ3v) is 4.90. The van der Waals surface area contributed by atoms with E-state index in [0.717, 1.165) is 30.8 Å². The van der Waals surface area contributed by atoms with Gasteiger partial charge in [0.25, 0.3) is 0 Å². The number of hydrogen-bond donors (Lipinski definition) is 1. The molecule has 0 aliphatic carbocycles. The molecule has 23 heavy (non-hydrogen) atoms. The summed E-state index contributed by atoms with van der Waals surface area (Å²) in [5.41, 5.74) is 2.16. The van der Waals surface area contributed by atoms with Gasteiger partial charge in [-0.1, -0.05) is 0 Å². The molecular formula is C17H28N4O2. The van der Waals surface area contributed by atoms with Crippen molar-refractivity contribution in [1.29, 1.82) is 0 Å². The van der Waals surface area contributed by atoms with E-state index < -0.39 is 0 Å². The Morgan fingerprint density at radius 2 is 2.30 bits per heavy atom. The van der Waals surface area contributed by atoms with Crippen LogP contribution in [-0.4, -0.2) is 59.0 Å². The quantitative estimate of drug-likeness (QED) is 0.906. The van der Waals surface area contributed by atoms with Crippen LogP contribution in [0.5, 0.6) is 0 Å². The Bertz CT molecular complexity index is 557. The monoisotopic (exact) mass is 320 g/mol. The third-order valence-electron chi connectivity index (χ3n) is 4.90. The molecule has 0 bridgehead atoms. The number of ether oxygens (including phenoxy) is 1. The van der Waals surface area contributed by atoms with Gasteiger partial charge in [0, 0.05) is 30.7 Å². The smallest absolute Gasteiger partial charge is 0.225 e. The van der Waals surface area contributed by atoms with Crippen LogP contribution < -0.4 is 5.32 Å². The summed E-state index contributed by atoms with van der Waals surface area (Å²) < 4.78 is 7.85. The van der Waals surface area contributed by atoms with Crippen LogP contribution in [0, 0.1) is 19.8 Å². The zero-order valence-corrected chi connectivity index (χ0v) is 14.4. The highest BCUT2D eigenvalue weighted by atomic mass is 16.5. The van der Waals surface area contributed by atoms with Crippen molar-refractivity contribution in [2.45, 2.75) is 52.3 Å². The van der Waals surface area contributed by atoms with Crippen molar-refractivity contribution < 1.29 is 9.53 Å². The Morgan fingerprint density at radius 3 is 3.00 bits per heavy atom. The Hall–Kier alpha value is -1.40. The van der Waals surface area contributed by atoms with Gasteiger partial charge in [-0.3, -0.25) is 9.48 Å². The summed E-state index contributed by atoms with van der Waals surface area (Å²) in [6, 6.07) is 2.51. The summed E-state index contributed by atoms with van der Waals surface area (Å²) in [6.07, 6.45) is 1.92. The first-order valence-electron chi connectivity index (χ1n) is 8.67. The van der Waals surface area contributed by atoms with E-state index in [1.54, 1.807) is 0 Å². The van der Waals surface area contributed by atoms with Crippen LogP contribution in [0.3, 0.4) is 0 Å². The molecule has 1 aromatic rings. The number of aromatic nitrogens is 2. The first kappa shape index (κ1) is 16.5. The SMILES string of the molecule is Cc1cc(C)n(CC2CN(C(=O)[C@H]3CCN[C@@H](C)C3)CCO2)n1. The lowest BCUT2D eigenvalue weighted by Crippen LogP contribution is -2.51. The van der Waals surface area contributed by atoms with Gasteiger partial charge in [0.1, 0.15) is 0 Å². The molecule has 0 saturated carbocycles. The van der Waals surface area contributed by atoms with Crippen molar-refractivity contribution in [3.63, 3.8) is 0 Å². The second kappa shape index (κ2) is 7.01. The lowest BCUT2D eigenvalue weighted by atomic mass is 9.92.